The summed E-state index contributed by atoms with van der Waals surface area (Å²) in [6.07, 6.45) is 0. The maximum absolute atomic E-state index is 5.89. The zero-order valence-corrected chi connectivity index (χ0v) is 12.4. The average Bonchev–Trinajstić information content (AvgIpc) is 2.38. The van der Waals surface area contributed by atoms with Crippen LogP contribution in [-0.4, -0.2) is 29.1 Å². The molecule has 4 heteroatoms. The summed E-state index contributed by atoms with van der Waals surface area (Å²) < 4.78 is 0. The highest BCUT2D eigenvalue weighted by atomic mass is 35.5. The van der Waals surface area contributed by atoms with E-state index < -0.39 is 0 Å². The van der Waals surface area contributed by atoms with Crippen molar-refractivity contribution in [2.75, 3.05) is 23.8 Å². The Labute approximate surface area is 117 Å². The fraction of sp³-hybridized carbons (Fsp3) is 0.538. The lowest BCUT2D eigenvalue weighted by Gasteiger charge is -2.23. The van der Waals surface area contributed by atoms with Gasteiger partial charge in [-0.2, -0.15) is 23.5 Å². The van der Waals surface area contributed by atoms with E-state index in [-0.39, 0.29) is 0 Å². The second-order valence-corrected chi connectivity index (χ2v) is 7.24. The molecule has 0 amide bonds. The van der Waals surface area contributed by atoms with Gasteiger partial charge in [0.15, 0.2) is 0 Å². The van der Waals surface area contributed by atoms with E-state index in [1.54, 1.807) is 0 Å². The summed E-state index contributed by atoms with van der Waals surface area (Å²) in [5.74, 6) is 3.89. The van der Waals surface area contributed by atoms with Gasteiger partial charge in [0.1, 0.15) is 0 Å². The molecule has 1 fully saturated rings. The van der Waals surface area contributed by atoms with Gasteiger partial charge in [0.2, 0.25) is 0 Å². The quantitative estimate of drug-likeness (QED) is 0.904. The molecule has 94 valence electrons. The molecule has 2 atom stereocenters. The predicted molar refractivity (Wildman–Crippen MR) is 81.4 cm³/mol. The van der Waals surface area contributed by atoms with Gasteiger partial charge in [-0.1, -0.05) is 23.7 Å². The molecule has 1 aromatic rings. The van der Waals surface area contributed by atoms with Crippen LogP contribution in [-0.2, 0) is 0 Å². The lowest BCUT2D eigenvalue weighted by atomic mass is 10.1. The monoisotopic (exact) mass is 287 g/mol. The summed E-state index contributed by atoms with van der Waals surface area (Å²) in [6, 6.07) is 8.52. The molecule has 0 radical (unpaired) electrons. The number of thioether (sulfide) groups is 2. The largest absolute Gasteiger partial charge is 0.309 e. The van der Waals surface area contributed by atoms with Crippen molar-refractivity contribution in [2.45, 2.75) is 18.2 Å². The SMILES string of the molecule is CC(NCC1CSCCS1)c1ccc(Cl)cc1. The van der Waals surface area contributed by atoms with Crippen molar-refractivity contribution in [3.05, 3.63) is 34.9 Å². The van der Waals surface area contributed by atoms with Gasteiger partial charge in [-0.3, -0.25) is 0 Å². The third kappa shape index (κ3) is 4.40. The zero-order chi connectivity index (χ0) is 12.1. The van der Waals surface area contributed by atoms with Gasteiger partial charge in [0, 0.05) is 40.1 Å². The first-order valence-electron chi connectivity index (χ1n) is 5.94. The second-order valence-electron chi connectivity index (χ2n) is 4.25. The first kappa shape index (κ1) is 13.6. The smallest absolute Gasteiger partial charge is 0.0406 e. The Hall–Kier alpha value is 0.170. The molecule has 2 unspecified atom stereocenters. The van der Waals surface area contributed by atoms with Gasteiger partial charge in [0.25, 0.3) is 0 Å². The van der Waals surface area contributed by atoms with Crippen molar-refractivity contribution in [1.82, 2.24) is 5.32 Å². The number of hydrogen-bond donors (Lipinski definition) is 1. The number of hydrogen-bond acceptors (Lipinski definition) is 3. The van der Waals surface area contributed by atoms with E-state index in [1.807, 2.05) is 12.1 Å². The molecule has 0 aliphatic carbocycles. The Morgan fingerprint density at radius 1 is 1.35 bits per heavy atom. The topological polar surface area (TPSA) is 12.0 Å². The minimum atomic E-state index is 0.403. The first-order chi connectivity index (χ1) is 8.25. The molecule has 1 saturated heterocycles. The van der Waals surface area contributed by atoms with Gasteiger partial charge in [-0.15, -0.1) is 0 Å². The van der Waals surface area contributed by atoms with Gasteiger partial charge in [0.05, 0.1) is 0 Å². The second kappa shape index (κ2) is 6.93. The number of halogens is 1. The van der Waals surface area contributed by atoms with Crippen LogP contribution in [0, 0.1) is 0 Å². The minimum Gasteiger partial charge on any atom is -0.309 e. The highest BCUT2D eigenvalue weighted by Gasteiger charge is 2.15. The fourth-order valence-corrected chi connectivity index (χ4v) is 4.58. The Kier molecular flexibility index (Phi) is 5.54. The van der Waals surface area contributed by atoms with E-state index in [2.05, 4.69) is 47.9 Å². The highest BCUT2D eigenvalue weighted by molar-refractivity contribution is 8.06. The van der Waals surface area contributed by atoms with E-state index in [9.17, 15) is 0 Å². The molecule has 1 aliphatic heterocycles. The highest BCUT2D eigenvalue weighted by Crippen LogP contribution is 2.24. The van der Waals surface area contributed by atoms with Crippen molar-refractivity contribution >= 4 is 35.1 Å². The third-order valence-corrected chi connectivity index (χ3v) is 6.00. The molecule has 1 N–H and O–H groups in total. The van der Waals surface area contributed by atoms with Crippen molar-refractivity contribution in [3.63, 3.8) is 0 Å². The molecule has 1 nitrogen and oxygen atoms in total. The van der Waals surface area contributed by atoms with Crippen LogP contribution in [0.25, 0.3) is 0 Å². The van der Waals surface area contributed by atoms with Crippen LogP contribution < -0.4 is 5.32 Å². The maximum Gasteiger partial charge on any atom is 0.0406 e. The molecule has 17 heavy (non-hydrogen) atoms. The average molecular weight is 288 g/mol. The predicted octanol–water partition coefficient (Wildman–Crippen LogP) is 3.84. The van der Waals surface area contributed by atoms with Crippen LogP contribution in [0.2, 0.25) is 5.02 Å². The summed E-state index contributed by atoms with van der Waals surface area (Å²) in [5.41, 5.74) is 1.31. The van der Waals surface area contributed by atoms with Crippen molar-refractivity contribution in [2.24, 2.45) is 0 Å². The number of benzene rings is 1. The maximum atomic E-state index is 5.89. The van der Waals surface area contributed by atoms with E-state index in [1.165, 1.54) is 22.8 Å². The van der Waals surface area contributed by atoms with Crippen LogP contribution >= 0.6 is 35.1 Å². The van der Waals surface area contributed by atoms with Crippen molar-refractivity contribution in [1.29, 1.82) is 0 Å². The molecule has 0 aromatic heterocycles. The summed E-state index contributed by atoms with van der Waals surface area (Å²) in [7, 11) is 0. The van der Waals surface area contributed by atoms with Gasteiger partial charge in [-0.05, 0) is 24.6 Å². The number of rotatable bonds is 4. The molecular weight excluding hydrogens is 270 g/mol. The standard InChI is InChI=1S/C13H18ClNS2/c1-10(11-2-4-12(14)5-3-11)15-8-13-9-16-6-7-17-13/h2-5,10,13,15H,6-9H2,1H3. The summed E-state index contributed by atoms with van der Waals surface area (Å²) in [4.78, 5) is 0. The lowest BCUT2D eigenvalue weighted by molar-refractivity contribution is 0.577. The summed E-state index contributed by atoms with van der Waals surface area (Å²) >= 11 is 10.1. The van der Waals surface area contributed by atoms with Gasteiger partial charge >= 0.3 is 0 Å². The molecular formula is C13H18ClNS2. The fourth-order valence-electron chi connectivity index (χ4n) is 1.83. The molecule has 1 heterocycles. The molecule has 0 saturated carbocycles. The number of nitrogens with one attached hydrogen (secondary N) is 1. The van der Waals surface area contributed by atoms with Crippen molar-refractivity contribution < 1.29 is 0 Å². The van der Waals surface area contributed by atoms with Crippen LogP contribution in [0.3, 0.4) is 0 Å². The van der Waals surface area contributed by atoms with Gasteiger partial charge in [-0.25, -0.2) is 0 Å². The normalized spacial score (nSPS) is 22.4. The van der Waals surface area contributed by atoms with E-state index >= 15 is 0 Å². The molecule has 2 rings (SSSR count). The molecule has 1 aliphatic rings. The Morgan fingerprint density at radius 2 is 2.12 bits per heavy atom. The van der Waals surface area contributed by atoms with E-state index in [4.69, 9.17) is 11.6 Å². The van der Waals surface area contributed by atoms with Gasteiger partial charge < -0.3 is 5.32 Å². The van der Waals surface area contributed by atoms with Crippen molar-refractivity contribution in [3.8, 4) is 0 Å². The minimum absolute atomic E-state index is 0.403. The molecule has 0 bridgehead atoms. The van der Waals surface area contributed by atoms with Crippen LogP contribution in [0.15, 0.2) is 24.3 Å². The first-order valence-corrected chi connectivity index (χ1v) is 8.52. The summed E-state index contributed by atoms with van der Waals surface area (Å²) in [5, 5.41) is 5.18. The van der Waals surface area contributed by atoms with Crippen LogP contribution in [0.5, 0.6) is 0 Å². The lowest BCUT2D eigenvalue weighted by Crippen LogP contribution is -2.30. The van der Waals surface area contributed by atoms with E-state index in [0.717, 1.165) is 16.8 Å². The Bertz CT molecular complexity index is 336. The third-order valence-electron chi connectivity index (χ3n) is 2.91. The molecule has 1 aromatic carbocycles. The van der Waals surface area contributed by atoms with Crippen LogP contribution in [0.1, 0.15) is 18.5 Å². The summed E-state index contributed by atoms with van der Waals surface area (Å²) in [6.45, 7) is 3.31. The zero-order valence-electron chi connectivity index (χ0n) is 9.99. The van der Waals surface area contributed by atoms with Crippen LogP contribution in [0.4, 0.5) is 0 Å². The Balaban J connectivity index is 1.80. The Morgan fingerprint density at radius 3 is 2.76 bits per heavy atom. The van der Waals surface area contributed by atoms with E-state index in [0.29, 0.717) is 6.04 Å². The molecule has 0 spiro atoms.